The van der Waals surface area contributed by atoms with Gasteiger partial charge in [0.2, 0.25) is 0 Å². The summed E-state index contributed by atoms with van der Waals surface area (Å²) in [5, 5.41) is 0. The Balaban J connectivity index is 0.000000169. The van der Waals surface area contributed by atoms with Crippen LogP contribution in [-0.4, -0.2) is 144 Å². The fourth-order valence-corrected chi connectivity index (χ4v) is 23.7. The highest BCUT2D eigenvalue weighted by molar-refractivity contribution is 5.00. The van der Waals surface area contributed by atoms with Crippen LogP contribution in [0.4, 0.5) is 0 Å². The van der Waals surface area contributed by atoms with Crippen LogP contribution < -0.4 is 0 Å². The first-order valence-electron chi connectivity index (χ1n) is 45.6. The molecule has 6 heterocycles. The van der Waals surface area contributed by atoms with Gasteiger partial charge in [0.15, 0.2) is 0 Å². The van der Waals surface area contributed by atoms with Crippen molar-refractivity contribution >= 4 is 0 Å². The first-order chi connectivity index (χ1) is 47.1. The average Bonchev–Trinajstić information content (AvgIpc) is 1.06. The molecule has 6 nitrogen and oxygen atoms in total. The van der Waals surface area contributed by atoms with Crippen LogP contribution in [0.3, 0.4) is 0 Å². The van der Waals surface area contributed by atoms with Gasteiger partial charge < -0.3 is 29.4 Å². The molecule has 0 amide bonds. The van der Waals surface area contributed by atoms with Crippen LogP contribution >= 0.6 is 0 Å². The van der Waals surface area contributed by atoms with Crippen molar-refractivity contribution in [3.05, 3.63) is 0 Å². The van der Waals surface area contributed by atoms with Gasteiger partial charge >= 0.3 is 0 Å². The van der Waals surface area contributed by atoms with E-state index in [4.69, 9.17) is 0 Å². The molecule has 6 aliphatic carbocycles. The summed E-state index contributed by atoms with van der Waals surface area (Å²) in [4.78, 5) is 16.2. The van der Waals surface area contributed by atoms with Crippen molar-refractivity contribution in [3.8, 4) is 0 Å². The fourth-order valence-electron chi connectivity index (χ4n) is 23.7. The second kappa shape index (κ2) is 39.9. The van der Waals surface area contributed by atoms with Crippen LogP contribution in [-0.2, 0) is 0 Å². The Kier molecular flexibility index (Phi) is 34.7. The van der Waals surface area contributed by atoms with E-state index in [0.29, 0.717) is 16.2 Å². The third-order valence-corrected chi connectivity index (χ3v) is 32.3. The van der Waals surface area contributed by atoms with E-state index in [1.165, 1.54) is 297 Å². The summed E-state index contributed by atoms with van der Waals surface area (Å²) in [6.45, 7) is 73.5. The van der Waals surface area contributed by atoms with Gasteiger partial charge in [-0.3, -0.25) is 0 Å². The summed E-state index contributed by atoms with van der Waals surface area (Å²) in [5.41, 5.74) is 4.30. The van der Waals surface area contributed by atoms with E-state index in [-0.39, 0.29) is 0 Å². The average molecular weight is 1400 g/mol. The van der Waals surface area contributed by atoms with Gasteiger partial charge in [0.25, 0.3) is 0 Å². The van der Waals surface area contributed by atoms with E-state index >= 15 is 0 Å². The molecule has 0 aromatic heterocycles. The standard InChI is InChI=1S/4C16H31N.2C15H29N/c1-13(2)15-6-9-16(10-7-15)8-5-11-17(12-16)14(3)4;1-13(2)15-5-7-16(8-6-15)9-11-17(12-10-16)14(3)4;1-13(2)15-7-5-8-16(11-15)9-6-10-17(12-16)14(3)4;1-13(2)15-6-5-7-16(12-15)8-10-17(11-9-16)14(3)4;1-12(2)14-5-7-15(8-6-14)9-10-16(11-15)13(3)4;1-12(2)14-6-5-7-15(10-14)8-9-16(11-15)13(3)4/h4*13-15H,5-12H2,1-4H3;2*12-14H,5-11H2,1-4H3. The summed E-state index contributed by atoms with van der Waals surface area (Å²) in [7, 11) is 0. The number of piperidine rings is 4. The van der Waals surface area contributed by atoms with Gasteiger partial charge in [-0.1, -0.05) is 122 Å². The largest absolute Gasteiger partial charge is 0.301 e. The summed E-state index contributed by atoms with van der Waals surface area (Å²) in [5.74, 6) is 11.4. The maximum absolute atomic E-state index is 2.73. The van der Waals surface area contributed by atoms with Crippen molar-refractivity contribution in [1.82, 2.24) is 29.4 Å². The van der Waals surface area contributed by atoms with Gasteiger partial charge in [0.1, 0.15) is 0 Å². The molecule has 6 spiro atoms. The van der Waals surface area contributed by atoms with Gasteiger partial charge in [-0.2, -0.15) is 0 Å². The van der Waals surface area contributed by atoms with Crippen LogP contribution in [0, 0.1) is 104 Å². The molecule has 5 atom stereocenters. The highest BCUT2D eigenvalue weighted by atomic mass is 15.2. The van der Waals surface area contributed by atoms with Gasteiger partial charge in [-0.15, -0.1) is 0 Å². The molecule has 588 valence electrons. The Morgan fingerprint density at radius 3 is 0.700 bits per heavy atom. The number of rotatable bonds is 12. The van der Waals surface area contributed by atoms with Crippen LogP contribution in [0.2, 0.25) is 0 Å². The molecule has 12 aliphatic rings. The van der Waals surface area contributed by atoms with Crippen LogP contribution in [0.25, 0.3) is 0 Å². The lowest BCUT2D eigenvalue weighted by Crippen LogP contribution is -2.48. The minimum absolute atomic E-state index is 0.690. The second-order valence-corrected chi connectivity index (χ2v) is 42.8. The fraction of sp³-hybridized carbons (Fsp3) is 1.00. The molecule has 6 saturated carbocycles. The molecule has 12 fully saturated rings. The summed E-state index contributed by atoms with van der Waals surface area (Å²) >= 11 is 0. The normalized spacial score (nSPS) is 31.9. The predicted octanol–water partition coefficient (Wildman–Crippen LogP) is 25.2. The van der Waals surface area contributed by atoms with Crippen LogP contribution in [0.1, 0.15) is 384 Å². The van der Waals surface area contributed by atoms with Crippen molar-refractivity contribution in [1.29, 1.82) is 0 Å². The Hall–Kier alpha value is -0.240. The molecule has 0 bridgehead atoms. The van der Waals surface area contributed by atoms with Crippen molar-refractivity contribution in [3.63, 3.8) is 0 Å². The van der Waals surface area contributed by atoms with Crippen molar-refractivity contribution in [2.24, 2.45) is 104 Å². The summed E-state index contributed by atoms with van der Waals surface area (Å²) in [6, 6.07) is 4.48. The third-order valence-electron chi connectivity index (χ3n) is 32.3. The first kappa shape index (κ1) is 87.0. The Morgan fingerprint density at radius 2 is 0.390 bits per heavy atom. The molecule has 0 aromatic carbocycles. The maximum Gasteiger partial charge on any atom is 0.00413 e. The monoisotopic (exact) mass is 1400 g/mol. The summed E-state index contributed by atoms with van der Waals surface area (Å²) < 4.78 is 0. The van der Waals surface area contributed by atoms with Crippen LogP contribution in [0.5, 0.6) is 0 Å². The number of hydrogen-bond donors (Lipinski definition) is 0. The smallest absolute Gasteiger partial charge is 0.00413 e. The van der Waals surface area contributed by atoms with Crippen molar-refractivity contribution < 1.29 is 0 Å². The van der Waals surface area contributed by atoms with Gasteiger partial charge in [-0.05, 0) is 419 Å². The predicted molar refractivity (Wildman–Crippen MR) is 442 cm³/mol. The van der Waals surface area contributed by atoms with E-state index < -0.39 is 0 Å². The zero-order chi connectivity index (χ0) is 73.4. The SMILES string of the molecule is CC(C)C1CCC2(CC1)CCN(C(C)C)C2.CC(C)C1CCC2(CC1)CCN(C(C)C)CC2.CC(C)C1CCC2(CCCN(C(C)C)C2)CC1.CC(C)C1CCCC2(CCCN(C(C)C)C2)C1.CC(C)C1CCCC2(CCN(C(C)C)C2)C1.CC(C)C1CCCC2(CCN(C(C)C)CC2)C1. The molecule has 6 saturated heterocycles. The molecule has 100 heavy (non-hydrogen) atoms. The Bertz CT molecular complexity index is 2090. The lowest BCUT2D eigenvalue weighted by Gasteiger charge is -2.49. The number of likely N-dealkylation sites (tertiary alicyclic amines) is 6. The Labute approximate surface area is 628 Å². The highest BCUT2D eigenvalue weighted by Crippen LogP contribution is 2.54. The van der Waals surface area contributed by atoms with E-state index in [1.54, 1.807) is 0 Å². The highest BCUT2D eigenvalue weighted by Gasteiger charge is 2.47. The number of nitrogens with zero attached hydrogens (tertiary/aromatic N) is 6. The lowest BCUT2D eigenvalue weighted by atomic mass is 9.62. The maximum atomic E-state index is 2.73. The third kappa shape index (κ3) is 25.4. The Morgan fingerprint density at radius 1 is 0.180 bits per heavy atom. The number of hydrogen-bond acceptors (Lipinski definition) is 6. The van der Waals surface area contributed by atoms with Crippen LogP contribution in [0.15, 0.2) is 0 Å². The van der Waals surface area contributed by atoms with E-state index in [0.717, 1.165) is 124 Å². The zero-order valence-corrected chi connectivity index (χ0v) is 72.6. The molecule has 6 heteroatoms. The van der Waals surface area contributed by atoms with Crippen molar-refractivity contribution in [2.45, 2.75) is 421 Å². The van der Waals surface area contributed by atoms with Gasteiger partial charge in [0, 0.05) is 62.4 Å². The zero-order valence-electron chi connectivity index (χ0n) is 72.6. The molecule has 6 aliphatic heterocycles. The van der Waals surface area contributed by atoms with E-state index in [9.17, 15) is 0 Å². The van der Waals surface area contributed by atoms with Gasteiger partial charge in [0.05, 0.1) is 0 Å². The second-order valence-electron chi connectivity index (χ2n) is 42.8. The molecular weight excluding hydrogens is 1210 g/mol. The molecule has 0 radical (unpaired) electrons. The topological polar surface area (TPSA) is 19.4 Å². The molecule has 12 rings (SSSR count). The van der Waals surface area contributed by atoms with E-state index in [1.807, 2.05) is 0 Å². The molecule has 5 unspecified atom stereocenters. The minimum Gasteiger partial charge on any atom is -0.301 e. The van der Waals surface area contributed by atoms with E-state index in [2.05, 4.69) is 196 Å². The summed E-state index contributed by atoms with van der Waals surface area (Å²) in [6.07, 6.45) is 50.6. The first-order valence-corrected chi connectivity index (χ1v) is 45.6. The molecular formula is C94H182N6. The molecule has 0 aromatic rings. The molecule has 0 N–H and O–H groups in total. The quantitative estimate of drug-likeness (QED) is 0.193. The lowest BCUT2D eigenvalue weighted by molar-refractivity contribution is 0.0100. The van der Waals surface area contributed by atoms with Gasteiger partial charge in [-0.25, -0.2) is 0 Å². The minimum atomic E-state index is 0.690. The van der Waals surface area contributed by atoms with Crippen molar-refractivity contribution in [2.75, 3.05) is 78.5 Å².